The third kappa shape index (κ3) is 2.74. The van der Waals surface area contributed by atoms with Crippen molar-refractivity contribution in [2.45, 2.75) is 13.8 Å². The summed E-state index contributed by atoms with van der Waals surface area (Å²) >= 11 is 0. The van der Waals surface area contributed by atoms with Gasteiger partial charge in [-0.05, 0) is 30.5 Å². The largest absolute Gasteiger partial charge is 0.269 e. The van der Waals surface area contributed by atoms with Gasteiger partial charge in [0.25, 0.3) is 5.69 Å². The summed E-state index contributed by atoms with van der Waals surface area (Å²) in [5, 5.41) is 10.6. The highest BCUT2D eigenvalue weighted by Crippen LogP contribution is 2.19. The lowest BCUT2D eigenvalue weighted by Crippen LogP contribution is -1.91. The molecule has 18 heavy (non-hydrogen) atoms. The van der Waals surface area contributed by atoms with E-state index in [0.717, 1.165) is 11.1 Å². The molecule has 0 aliphatic heterocycles. The van der Waals surface area contributed by atoms with Crippen LogP contribution in [0.25, 0.3) is 0 Å². The van der Waals surface area contributed by atoms with Gasteiger partial charge < -0.3 is 0 Å². The molecular weight excluding hydrogens is 226 g/mol. The Morgan fingerprint density at radius 3 is 2.28 bits per heavy atom. The summed E-state index contributed by atoms with van der Waals surface area (Å²) in [5.74, 6) is 0. The van der Waals surface area contributed by atoms with E-state index in [0.29, 0.717) is 0 Å². The summed E-state index contributed by atoms with van der Waals surface area (Å²) in [4.78, 5) is 10.2. The van der Waals surface area contributed by atoms with Crippen molar-refractivity contribution in [3.05, 3.63) is 81.3 Å². The van der Waals surface area contributed by atoms with Gasteiger partial charge >= 0.3 is 0 Å². The van der Waals surface area contributed by atoms with Gasteiger partial charge in [-0.15, -0.1) is 0 Å². The summed E-state index contributed by atoms with van der Waals surface area (Å²) in [6.45, 7) is 4.12. The molecule has 0 fully saturated rings. The van der Waals surface area contributed by atoms with Crippen LogP contribution in [-0.4, -0.2) is 4.92 Å². The lowest BCUT2D eigenvalue weighted by Gasteiger charge is -2.06. The Hall–Kier alpha value is -2.16. The van der Waals surface area contributed by atoms with E-state index in [9.17, 15) is 10.1 Å². The van der Waals surface area contributed by atoms with Crippen LogP contribution in [-0.2, 0) is 0 Å². The van der Waals surface area contributed by atoms with E-state index in [4.69, 9.17) is 0 Å². The lowest BCUT2D eigenvalue weighted by molar-refractivity contribution is -0.384. The van der Waals surface area contributed by atoms with Crippen LogP contribution >= 0.6 is 0 Å². The summed E-state index contributed by atoms with van der Waals surface area (Å²) in [5.41, 5.74) is 4.65. The monoisotopic (exact) mass is 240 g/mol. The van der Waals surface area contributed by atoms with E-state index >= 15 is 0 Å². The van der Waals surface area contributed by atoms with Gasteiger partial charge in [0.1, 0.15) is 0 Å². The van der Waals surface area contributed by atoms with E-state index in [1.165, 1.54) is 23.3 Å². The Morgan fingerprint density at radius 2 is 1.72 bits per heavy atom. The van der Waals surface area contributed by atoms with Crippen LogP contribution in [0.15, 0.2) is 42.5 Å². The number of benzene rings is 2. The molecule has 0 bridgehead atoms. The molecule has 0 saturated heterocycles. The van der Waals surface area contributed by atoms with Crippen molar-refractivity contribution in [2.24, 2.45) is 0 Å². The first-order chi connectivity index (χ1) is 8.56. The van der Waals surface area contributed by atoms with Crippen LogP contribution in [0, 0.1) is 30.4 Å². The van der Waals surface area contributed by atoms with Gasteiger partial charge in [0.05, 0.1) is 4.92 Å². The summed E-state index contributed by atoms with van der Waals surface area (Å²) in [6.07, 6.45) is 2.03. The zero-order valence-electron chi connectivity index (χ0n) is 10.4. The van der Waals surface area contributed by atoms with Gasteiger partial charge in [0, 0.05) is 18.6 Å². The maximum absolute atomic E-state index is 10.6. The molecule has 0 amide bonds. The molecule has 0 aliphatic rings. The summed E-state index contributed by atoms with van der Waals surface area (Å²) in [6, 6.07) is 12.8. The Labute approximate surface area is 106 Å². The minimum Gasteiger partial charge on any atom is -0.258 e. The van der Waals surface area contributed by atoms with Gasteiger partial charge in [-0.2, -0.15) is 0 Å². The molecule has 0 saturated carbocycles. The molecule has 0 heterocycles. The van der Waals surface area contributed by atoms with Crippen LogP contribution in [0.3, 0.4) is 0 Å². The zero-order valence-corrected chi connectivity index (χ0v) is 10.4. The fourth-order valence-corrected chi connectivity index (χ4v) is 1.86. The van der Waals surface area contributed by atoms with Gasteiger partial charge in [-0.25, -0.2) is 0 Å². The quantitative estimate of drug-likeness (QED) is 0.604. The second kappa shape index (κ2) is 5.00. The number of nitrogens with zero attached hydrogens (tertiary/aromatic N) is 1. The van der Waals surface area contributed by atoms with Gasteiger partial charge in [-0.1, -0.05) is 35.9 Å². The van der Waals surface area contributed by atoms with Gasteiger partial charge in [0.15, 0.2) is 0 Å². The second-order valence-corrected chi connectivity index (χ2v) is 4.35. The normalized spacial score (nSPS) is 10.3. The van der Waals surface area contributed by atoms with Crippen molar-refractivity contribution in [3.8, 4) is 0 Å². The Morgan fingerprint density at radius 1 is 1.06 bits per heavy atom. The molecule has 2 aromatic carbocycles. The van der Waals surface area contributed by atoms with E-state index in [2.05, 4.69) is 32.0 Å². The van der Waals surface area contributed by atoms with Crippen LogP contribution in [0.4, 0.5) is 5.69 Å². The van der Waals surface area contributed by atoms with E-state index in [1.54, 1.807) is 12.1 Å². The predicted molar refractivity (Wildman–Crippen MR) is 71.5 cm³/mol. The second-order valence-electron chi connectivity index (χ2n) is 4.35. The first kappa shape index (κ1) is 12.3. The molecule has 0 N–H and O–H groups in total. The van der Waals surface area contributed by atoms with Crippen LogP contribution in [0.1, 0.15) is 22.3 Å². The van der Waals surface area contributed by atoms with Crippen molar-refractivity contribution < 1.29 is 4.92 Å². The Bertz CT molecular complexity index is 574. The maximum Gasteiger partial charge on any atom is 0.269 e. The highest BCUT2D eigenvalue weighted by atomic mass is 16.6. The Kier molecular flexibility index (Phi) is 3.42. The maximum atomic E-state index is 10.6. The molecule has 2 aromatic rings. The first-order valence-electron chi connectivity index (χ1n) is 5.73. The van der Waals surface area contributed by atoms with Crippen molar-refractivity contribution in [1.29, 1.82) is 0 Å². The summed E-state index contributed by atoms with van der Waals surface area (Å²) in [7, 11) is 0. The van der Waals surface area contributed by atoms with E-state index < -0.39 is 0 Å². The van der Waals surface area contributed by atoms with Gasteiger partial charge in [0.2, 0.25) is 0 Å². The molecule has 0 spiro atoms. The molecular formula is C15H14NO2. The molecule has 1 radical (unpaired) electrons. The molecule has 0 unspecified atom stereocenters. The highest BCUT2D eigenvalue weighted by molar-refractivity contribution is 5.45. The van der Waals surface area contributed by atoms with Crippen molar-refractivity contribution >= 4 is 5.69 Å². The number of nitro benzene ring substituents is 1. The number of aryl methyl sites for hydroxylation is 2. The molecule has 0 aromatic heterocycles. The molecule has 91 valence electrons. The third-order valence-corrected chi connectivity index (χ3v) is 2.85. The Balaban J connectivity index is 2.21. The van der Waals surface area contributed by atoms with Crippen LogP contribution < -0.4 is 0 Å². The van der Waals surface area contributed by atoms with Crippen molar-refractivity contribution in [3.63, 3.8) is 0 Å². The molecule has 2 rings (SSSR count). The molecule has 3 heteroatoms. The number of non-ortho nitro benzene ring substituents is 1. The SMILES string of the molecule is Cc1ccc([CH]c2ccc([N+](=O)[O-])cc2)c(C)c1. The minimum absolute atomic E-state index is 0.118. The minimum atomic E-state index is -0.388. The fraction of sp³-hybridized carbons (Fsp3) is 0.133. The molecule has 3 nitrogen and oxygen atoms in total. The standard InChI is InChI=1S/C15H14NO2/c1-11-3-6-14(12(2)9-11)10-13-4-7-15(8-5-13)16(17)18/h3-10H,1-2H3. The van der Waals surface area contributed by atoms with E-state index in [-0.39, 0.29) is 10.6 Å². The number of rotatable bonds is 3. The predicted octanol–water partition coefficient (Wildman–Crippen LogP) is 3.81. The first-order valence-corrected chi connectivity index (χ1v) is 5.73. The lowest BCUT2D eigenvalue weighted by atomic mass is 9.99. The number of nitro groups is 1. The topological polar surface area (TPSA) is 43.1 Å². The number of hydrogen-bond acceptors (Lipinski definition) is 2. The zero-order chi connectivity index (χ0) is 13.1. The average Bonchev–Trinajstić information content (AvgIpc) is 2.33. The average molecular weight is 240 g/mol. The van der Waals surface area contributed by atoms with Crippen LogP contribution in [0.5, 0.6) is 0 Å². The van der Waals surface area contributed by atoms with Crippen LogP contribution in [0.2, 0.25) is 0 Å². The van der Waals surface area contributed by atoms with Crippen molar-refractivity contribution in [2.75, 3.05) is 0 Å². The van der Waals surface area contributed by atoms with Crippen molar-refractivity contribution in [1.82, 2.24) is 0 Å². The summed E-state index contributed by atoms with van der Waals surface area (Å²) < 4.78 is 0. The van der Waals surface area contributed by atoms with Gasteiger partial charge in [-0.3, -0.25) is 10.1 Å². The molecule has 0 aliphatic carbocycles. The smallest absolute Gasteiger partial charge is 0.258 e. The number of hydrogen-bond donors (Lipinski definition) is 0. The van der Waals surface area contributed by atoms with E-state index in [1.807, 2.05) is 6.42 Å². The highest BCUT2D eigenvalue weighted by Gasteiger charge is 2.05. The molecule has 0 atom stereocenters. The fourth-order valence-electron chi connectivity index (χ4n) is 1.86. The third-order valence-electron chi connectivity index (χ3n) is 2.85.